The smallest absolute Gasteiger partial charge is 0.233 e. The van der Waals surface area contributed by atoms with Crippen LogP contribution in [-0.4, -0.2) is 69.9 Å². The van der Waals surface area contributed by atoms with Crippen molar-refractivity contribution < 1.29 is 17.9 Å². The van der Waals surface area contributed by atoms with E-state index in [4.69, 9.17) is 4.74 Å². The zero-order chi connectivity index (χ0) is 25.8. The fourth-order valence-corrected chi connectivity index (χ4v) is 6.37. The van der Waals surface area contributed by atoms with E-state index in [9.17, 15) is 13.2 Å². The van der Waals surface area contributed by atoms with E-state index in [0.29, 0.717) is 37.0 Å². The summed E-state index contributed by atoms with van der Waals surface area (Å²) in [6, 6.07) is 23.3. The van der Waals surface area contributed by atoms with Gasteiger partial charge in [-0.2, -0.15) is 0 Å². The molecule has 38 heavy (non-hydrogen) atoms. The van der Waals surface area contributed by atoms with Gasteiger partial charge in [0.1, 0.15) is 5.52 Å². The first kappa shape index (κ1) is 28.2. The van der Waals surface area contributed by atoms with Gasteiger partial charge in [-0.25, -0.2) is 13.4 Å². The summed E-state index contributed by atoms with van der Waals surface area (Å²) in [6.07, 6.45) is 1.41. The van der Waals surface area contributed by atoms with Crippen LogP contribution in [0.15, 0.2) is 77.7 Å². The predicted molar refractivity (Wildman–Crippen MR) is 155 cm³/mol. The Hall–Kier alpha value is -2.82. The highest BCUT2D eigenvalue weighted by Crippen LogP contribution is 2.33. The number of carbonyl (C=O) groups excluding carboxylic acids is 1. The van der Waals surface area contributed by atoms with Crippen LogP contribution in [-0.2, 0) is 25.8 Å². The van der Waals surface area contributed by atoms with Gasteiger partial charge in [-0.3, -0.25) is 14.6 Å². The molecule has 1 aliphatic heterocycles. The lowest BCUT2D eigenvalue weighted by Crippen LogP contribution is -2.43. The van der Waals surface area contributed by atoms with Crippen molar-refractivity contribution in [3.8, 4) is 11.1 Å². The van der Waals surface area contributed by atoms with Crippen molar-refractivity contribution in [1.82, 2.24) is 9.88 Å². The summed E-state index contributed by atoms with van der Waals surface area (Å²) in [5.74, 6) is -0.0688. The average molecular weight is 572 g/mol. The quantitative estimate of drug-likeness (QED) is 0.305. The summed E-state index contributed by atoms with van der Waals surface area (Å²) in [5.41, 5.74) is 3.56. The van der Waals surface area contributed by atoms with Crippen LogP contribution in [0.3, 0.4) is 0 Å². The standard InChI is InChI=1S/C28H29N3O4S2.ClH/c1-37(33,34)25-9-5-8-24-27(25)29-28(36-24)31(15-14-30-16-18-35-19-17-30)26(32)20-21-10-12-23(13-11-21)22-6-3-2-4-7-22;/h2-13H,14-20H2,1H3;1H. The summed E-state index contributed by atoms with van der Waals surface area (Å²) in [6.45, 7) is 4.16. The van der Waals surface area contributed by atoms with E-state index in [0.717, 1.165) is 34.5 Å². The first-order chi connectivity index (χ1) is 17.9. The first-order valence-electron chi connectivity index (χ1n) is 12.2. The van der Waals surface area contributed by atoms with Crippen LogP contribution in [0.4, 0.5) is 5.13 Å². The highest BCUT2D eigenvalue weighted by molar-refractivity contribution is 7.91. The third-order valence-electron chi connectivity index (χ3n) is 6.46. The molecule has 3 aromatic carbocycles. The van der Waals surface area contributed by atoms with Crippen molar-refractivity contribution in [2.75, 3.05) is 50.5 Å². The van der Waals surface area contributed by atoms with Crippen LogP contribution in [0.1, 0.15) is 5.56 Å². The molecule has 1 fully saturated rings. The third-order valence-corrected chi connectivity index (χ3v) is 8.63. The summed E-state index contributed by atoms with van der Waals surface area (Å²) >= 11 is 1.35. The van der Waals surface area contributed by atoms with Crippen molar-refractivity contribution in [2.24, 2.45) is 0 Å². The number of fused-ring (bicyclic) bond motifs is 1. The molecule has 0 atom stereocenters. The van der Waals surface area contributed by atoms with Gasteiger partial charge in [0, 0.05) is 32.4 Å². The Labute approximate surface area is 233 Å². The highest BCUT2D eigenvalue weighted by Gasteiger charge is 2.24. The van der Waals surface area contributed by atoms with Crippen LogP contribution in [0.5, 0.6) is 0 Å². The molecule has 2 heterocycles. The lowest BCUT2D eigenvalue weighted by atomic mass is 10.0. The van der Waals surface area contributed by atoms with E-state index in [2.05, 4.69) is 22.0 Å². The Morgan fingerprint density at radius 2 is 1.66 bits per heavy atom. The normalized spacial score (nSPS) is 14.2. The number of benzene rings is 3. The number of hydrogen-bond acceptors (Lipinski definition) is 7. The largest absolute Gasteiger partial charge is 0.379 e. The van der Waals surface area contributed by atoms with Crippen molar-refractivity contribution >= 4 is 54.8 Å². The van der Waals surface area contributed by atoms with Crippen LogP contribution in [0.25, 0.3) is 21.3 Å². The predicted octanol–water partition coefficient (Wildman–Crippen LogP) is 4.70. The number of aromatic nitrogens is 1. The number of rotatable bonds is 8. The second-order valence-corrected chi connectivity index (χ2v) is 12.1. The van der Waals surface area contributed by atoms with Gasteiger partial charge < -0.3 is 4.74 Å². The molecular formula is C28H30ClN3O4S2. The van der Waals surface area contributed by atoms with Gasteiger partial charge in [-0.1, -0.05) is 72.0 Å². The molecule has 0 N–H and O–H groups in total. The van der Waals surface area contributed by atoms with Gasteiger partial charge in [0.2, 0.25) is 5.91 Å². The molecule has 0 spiro atoms. The minimum atomic E-state index is -3.45. The molecule has 1 aromatic heterocycles. The Kier molecular flexibility index (Phi) is 9.17. The van der Waals surface area contributed by atoms with Crippen LogP contribution >= 0.6 is 23.7 Å². The zero-order valence-corrected chi connectivity index (χ0v) is 23.5. The maximum atomic E-state index is 13.6. The van der Waals surface area contributed by atoms with E-state index in [-0.39, 0.29) is 29.6 Å². The second-order valence-electron chi connectivity index (χ2n) is 9.11. The Balaban J connectivity index is 0.00000336. The minimum Gasteiger partial charge on any atom is -0.379 e. The third kappa shape index (κ3) is 6.59. The SMILES string of the molecule is CS(=O)(=O)c1cccc2sc(N(CCN3CCOCC3)C(=O)Cc3ccc(-c4ccccc4)cc3)nc12.Cl. The zero-order valence-electron chi connectivity index (χ0n) is 21.1. The second kappa shape index (κ2) is 12.4. The molecule has 0 saturated carbocycles. The number of halogens is 1. The van der Waals surface area contributed by atoms with Gasteiger partial charge in [0.05, 0.1) is 29.2 Å². The summed E-state index contributed by atoms with van der Waals surface area (Å²) in [7, 11) is -3.45. The van der Waals surface area contributed by atoms with Crippen LogP contribution in [0.2, 0.25) is 0 Å². The molecule has 1 aliphatic rings. The summed E-state index contributed by atoms with van der Waals surface area (Å²) < 4.78 is 30.9. The highest BCUT2D eigenvalue weighted by atomic mass is 35.5. The van der Waals surface area contributed by atoms with Gasteiger partial charge in [0.25, 0.3) is 0 Å². The molecule has 1 amide bonds. The number of amides is 1. The van der Waals surface area contributed by atoms with E-state index in [1.54, 1.807) is 17.0 Å². The van der Waals surface area contributed by atoms with E-state index >= 15 is 0 Å². The number of nitrogens with zero attached hydrogens (tertiary/aromatic N) is 3. The van der Waals surface area contributed by atoms with E-state index in [1.165, 1.54) is 17.6 Å². The lowest BCUT2D eigenvalue weighted by Gasteiger charge is -2.29. The maximum Gasteiger partial charge on any atom is 0.233 e. The molecule has 1 saturated heterocycles. The Bertz CT molecular complexity index is 1490. The number of sulfone groups is 1. The van der Waals surface area contributed by atoms with Crippen molar-refractivity contribution in [3.05, 3.63) is 78.4 Å². The molecule has 0 aliphatic carbocycles. The molecule has 4 aromatic rings. The number of anilines is 1. The molecule has 0 radical (unpaired) electrons. The number of hydrogen-bond donors (Lipinski definition) is 0. The number of ether oxygens (including phenoxy) is 1. The van der Waals surface area contributed by atoms with Crippen molar-refractivity contribution in [3.63, 3.8) is 0 Å². The minimum absolute atomic E-state index is 0. The number of para-hydroxylation sites is 1. The molecule has 200 valence electrons. The van der Waals surface area contributed by atoms with Gasteiger partial charge in [-0.15, -0.1) is 12.4 Å². The number of carbonyl (C=O) groups is 1. The molecule has 7 nitrogen and oxygen atoms in total. The topological polar surface area (TPSA) is 79.8 Å². The molecule has 5 rings (SSSR count). The van der Waals surface area contributed by atoms with E-state index in [1.807, 2.05) is 48.5 Å². The molecule has 0 unspecified atom stereocenters. The van der Waals surface area contributed by atoms with Crippen molar-refractivity contribution in [2.45, 2.75) is 11.3 Å². The van der Waals surface area contributed by atoms with Gasteiger partial charge in [-0.05, 0) is 28.8 Å². The summed E-state index contributed by atoms with van der Waals surface area (Å²) in [5, 5.41) is 0.519. The average Bonchev–Trinajstić information content (AvgIpc) is 3.34. The van der Waals surface area contributed by atoms with Crippen molar-refractivity contribution in [1.29, 1.82) is 0 Å². The monoisotopic (exact) mass is 571 g/mol. The van der Waals surface area contributed by atoms with Gasteiger partial charge in [0.15, 0.2) is 15.0 Å². The van der Waals surface area contributed by atoms with E-state index < -0.39 is 9.84 Å². The molecule has 10 heteroatoms. The fraction of sp³-hybridized carbons (Fsp3) is 0.286. The number of morpholine rings is 1. The van der Waals surface area contributed by atoms with Gasteiger partial charge >= 0.3 is 0 Å². The first-order valence-corrected chi connectivity index (χ1v) is 14.9. The Morgan fingerprint density at radius 1 is 0.974 bits per heavy atom. The summed E-state index contributed by atoms with van der Waals surface area (Å²) in [4.78, 5) is 22.5. The lowest BCUT2D eigenvalue weighted by molar-refractivity contribution is -0.118. The molecule has 0 bridgehead atoms. The maximum absolute atomic E-state index is 13.6. The number of thiazole rings is 1. The fourth-order valence-electron chi connectivity index (χ4n) is 4.44. The van der Waals surface area contributed by atoms with Crippen LogP contribution < -0.4 is 4.90 Å². The Morgan fingerprint density at radius 3 is 2.34 bits per heavy atom. The molecular weight excluding hydrogens is 542 g/mol. The van der Waals surface area contributed by atoms with Crippen LogP contribution in [0, 0.1) is 0 Å².